The molecular weight excluding hydrogens is 466 g/mol. The number of hydroxylamine groups is 2. The van der Waals surface area contributed by atoms with E-state index in [0.717, 1.165) is 34.1 Å². The molecule has 0 aliphatic carbocycles. The van der Waals surface area contributed by atoms with E-state index >= 15 is 0 Å². The fraction of sp³-hybridized carbons (Fsp3) is 0.783. The summed E-state index contributed by atoms with van der Waals surface area (Å²) in [6.45, 7) is 9.74. The van der Waals surface area contributed by atoms with Gasteiger partial charge in [-0.05, 0) is 33.6 Å². The number of carbonyl (C=O) groups excluding carboxylic acids is 5. The molecule has 2 saturated heterocycles. The highest BCUT2D eigenvalue weighted by molar-refractivity contribution is 5.75. The maximum atomic E-state index is 13.1. The molecule has 0 unspecified atom stereocenters. The van der Waals surface area contributed by atoms with Gasteiger partial charge in [0.05, 0.1) is 12.6 Å². The van der Waals surface area contributed by atoms with Gasteiger partial charge in [-0.15, -0.1) is 0 Å². The number of nitrogens with zero attached hydrogens (tertiary/aromatic N) is 1. The van der Waals surface area contributed by atoms with Gasteiger partial charge < -0.3 is 23.7 Å². The van der Waals surface area contributed by atoms with Crippen molar-refractivity contribution < 1.29 is 52.5 Å². The molecule has 0 saturated carbocycles. The first-order chi connectivity index (χ1) is 16.3. The summed E-state index contributed by atoms with van der Waals surface area (Å²) in [4.78, 5) is 66.8. The highest BCUT2D eigenvalue weighted by atomic mass is 16.7. The van der Waals surface area contributed by atoms with Crippen LogP contribution in [0.15, 0.2) is 0 Å². The molecule has 0 radical (unpaired) electrons. The molecule has 2 heterocycles. The Morgan fingerprint density at radius 3 is 2.03 bits per heavy atom. The van der Waals surface area contributed by atoms with Crippen molar-refractivity contribution in [1.29, 1.82) is 0 Å². The Morgan fingerprint density at radius 2 is 1.51 bits per heavy atom. The predicted molar refractivity (Wildman–Crippen MR) is 117 cm³/mol. The Morgan fingerprint density at radius 1 is 0.914 bits per heavy atom. The van der Waals surface area contributed by atoms with Gasteiger partial charge in [-0.3, -0.25) is 28.8 Å². The van der Waals surface area contributed by atoms with Gasteiger partial charge in [0.2, 0.25) is 0 Å². The van der Waals surface area contributed by atoms with Crippen molar-refractivity contribution in [3.8, 4) is 0 Å². The van der Waals surface area contributed by atoms with Crippen LogP contribution in [0.5, 0.6) is 0 Å². The Kier molecular flexibility index (Phi) is 9.61. The number of ether oxygens (including phenoxy) is 5. The van der Waals surface area contributed by atoms with E-state index in [2.05, 4.69) is 0 Å². The quantitative estimate of drug-likeness (QED) is 0.312. The molecule has 2 fully saturated rings. The summed E-state index contributed by atoms with van der Waals surface area (Å²) in [5.74, 6) is -4.41. The topological polar surface area (TPSA) is 144 Å². The minimum Gasteiger partial charge on any atom is -0.466 e. The highest BCUT2D eigenvalue weighted by Gasteiger charge is 2.61. The van der Waals surface area contributed by atoms with Gasteiger partial charge in [-0.2, -0.15) is 5.06 Å². The Bertz CT molecular complexity index is 826. The molecule has 0 aromatic rings. The van der Waals surface area contributed by atoms with Gasteiger partial charge in [0.15, 0.2) is 18.3 Å². The van der Waals surface area contributed by atoms with Crippen LogP contribution in [0.25, 0.3) is 0 Å². The number of carbonyl (C=O) groups is 5. The third-order valence-corrected chi connectivity index (χ3v) is 5.90. The van der Waals surface area contributed by atoms with Crippen LogP contribution in [-0.4, -0.2) is 84.1 Å². The summed E-state index contributed by atoms with van der Waals surface area (Å²) >= 11 is 0. The van der Waals surface area contributed by atoms with Crippen molar-refractivity contribution in [3.05, 3.63) is 0 Å². The zero-order chi connectivity index (χ0) is 26.5. The summed E-state index contributed by atoms with van der Waals surface area (Å²) < 4.78 is 26.6. The Hall–Kier alpha value is -2.73. The van der Waals surface area contributed by atoms with Crippen molar-refractivity contribution >= 4 is 29.8 Å². The molecule has 12 heteroatoms. The average molecular weight is 502 g/mol. The minimum absolute atomic E-state index is 0.117. The lowest BCUT2D eigenvalue weighted by molar-refractivity contribution is -0.243. The monoisotopic (exact) mass is 501 g/mol. The molecular formula is C23H35NO11. The van der Waals surface area contributed by atoms with Crippen LogP contribution < -0.4 is 0 Å². The molecule has 0 aromatic carbocycles. The van der Waals surface area contributed by atoms with E-state index in [4.69, 9.17) is 28.5 Å². The zero-order valence-corrected chi connectivity index (χ0v) is 21.2. The normalized spacial score (nSPS) is 25.5. The molecule has 0 N–H and O–H groups in total. The van der Waals surface area contributed by atoms with Crippen molar-refractivity contribution in [1.82, 2.24) is 5.06 Å². The van der Waals surface area contributed by atoms with Crippen LogP contribution in [-0.2, 0) is 52.5 Å². The molecule has 0 spiro atoms. The fourth-order valence-corrected chi connectivity index (χ4v) is 4.60. The standard InChI is InChI=1S/C23H35NO11/c1-8-30-22(29)18-16-9-10-23(6,7)24(16)35-20(18)21(34-15(5)28)19(33-14(4)27)17(32-13(3)26)11-31-12(2)25/h16-21H,8-11H2,1-7H3/t16-,17+,18+,19-,20+,21+/m1/s1. The van der Waals surface area contributed by atoms with Gasteiger partial charge in [-0.1, -0.05) is 0 Å². The third kappa shape index (κ3) is 7.14. The lowest BCUT2D eigenvalue weighted by atomic mass is 9.87. The SMILES string of the molecule is CCOC(=O)[C@@H]1[C@@H]([C@@H](OC(C)=O)[C@H](OC(C)=O)[C@H](COC(C)=O)OC(C)=O)ON2[C@@H]1CCC2(C)C. The van der Waals surface area contributed by atoms with E-state index in [1.54, 1.807) is 12.0 Å². The van der Waals surface area contributed by atoms with Gasteiger partial charge >= 0.3 is 29.8 Å². The van der Waals surface area contributed by atoms with E-state index in [9.17, 15) is 24.0 Å². The molecule has 35 heavy (non-hydrogen) atoms. The fourth-order valence-electron chi connectivity index (χ4n) is 4.60. The first-order valence-corrected chi connectivity index (χ1v) is 11.6. The first kappa shape index (κ1) is 28.5. The maximum Gasteiger partial charge on any atom is 0.313 e. The number of rotatable bonds is 10. The second kappa shape index (κ2) is 11.8. The molecule has 12 nitrogen and oxygen atoms in total. The van der Waals surface area contributed by atoms with Gasteiger partial charge in [0.1, 0.15) is 18.6 Å². The molecule has 0 aromatic heterocycles. The summed E-state index contributed by atoms with van der Waals surface area (Å²) in [5.41, 5.74) is -0.436. The van der Waals surface area contributed by atoms with Crippen molar-refractivity contribution in [2.75, 3.05) is 13.2 Å². The van der Waals surface area contributed by atoms with Crippen LogP contribution >= 0.6 is 0 Å². The van der Waals surface area contributed by atoms with Crippen LogP contribution in [0.4, 0.5) is 0 Å². The summed E-state index contributed by atoms with van der Waals surface area (Å²) in [6, 6.07) is -0.384. The van der Waals surface area contributed by atoms with Gasteiger partial charge in [-0.25, -0.2) is 0 Å². The first-order valence-electron chi connectivity index (χ1n) is 11.6. The Labute approximate surface area is 204 Å². The molecule has 2 aliphatic rings. The second-order valence-electron chi connectivity index (χ2n) is 9.19. The Balaban J connectivity index is 2.56. The largest absolute Gasteiger partial charge is 0.466 e. The lowest BCUT2D eigenvalue weighted by Crippen LogP contribution is -2.55. The van der Waals surface area contributed by atoms with Crippen LogP contribution in [0.3, 0.4) is 0 Å². The maximum absolute atomic E-state index is 13.1. The highest BCUT2D eigenvalue weighted by Crippen LogP contribution is 2.46. The van der Waals surface area contributed by atoms with Crippen molar-refractivity contribution in [2.24, 2.45) is 5.92 Å². The van der Waals surface area contributed by atoms with Gasteiger partial charge in [0.25, 0.3) is 0 Å². The number of fused-ring (bicyclic) bond motifs is 1. The van der Waals surface area contributed by atoms with Gasteiger partial charge in [0, 0.05) is 33.2 Å². The van der Waals surface area contributed by atoms with Crippen molar-refractivity contribution in [3.63, 3.8) is 0 Å². The molecule has 198 valence electrons. The molecule has 0 amide bonds. The summed E-state index contributed by atoms with van der Waals surface area (Å²) in [5, 5.41) is 1.69. The smallest absolute Gasteiger partial charge is 0.313 e. The molecule has 2 rings (SSSR count). The molecule has 6 atom stereocenters. The molecule has 2 aliphatic heterocycles. The van der Waals surface area contributed by atoms with E-state index < -0.39 is 72.3 Å². The zero-order valence-electron chi connectivity index (χ0n) is 21.2. The van der Waals surface area contributed by atoms with E-state index in [-0.39, 0.29) is 12.6 Å². The van der Waals surface area contributed by atoms with Crippen LogP contribution in [0, 0.1) is 5.92 Å². The van der Waals surface area contributed by atoms with E-state index in [1.807, 2.05) is 13.8 Å². The molecule has 0 bridgehead atoms. The lowest BCUT2D eigenvalue weighted by Gasteiger charge is -2.36. The summed E-state index contributed by atoms with van der Waals surface area (Å²) in [6.07, 6.45) is -3.98. The van der Waals surface area contributed by atoms with Crippen molar-refractivity contribution in [2.45, 2.75) is 97.3 Å². The van der Waals surface area contributed by atoms with Crippen LogP contribution in [0.2, 0.25) is 0 Å². The summed E-state index contributed by atoms with van der Waals surface area (Å²) in [7, 11) is 0. The number of hydrogen-bond donors (Lipinski definition) is 0. The van der Waals surface area contributed by atoms with Crippen LogP contribution in [0.1, 0.15) is 61.3 Å². The second-order valence-corrected chi connectivity index (χ2v) is 9.19. The third-order valence-electron chi connectivity index (χ3n) is 5.90. The number of hydrogen-bond acceptors (Lipinski definition) is 12. The van der Waals surface area contributed by atoms with E-state index in [1.165, 1.54) is 0 Å². The predicted octanol–water partition coefficient (Wildman–Crippen LogP) is 1.08. The van der Waals surface area contributed by atoms with E-state index in [0.29, 0.717) is 6.42 Å². The number of esters is 5. The average Bonchev–Trinajstić information content (AvgIpc) is 3.24. The minimum atomic E-state index is -1.45.